The van der Waals surface area contributed by atoms with Crippen molar-refractivity contribution in [2.24, 2.45) is 0 Å². The van der Waals surface area contributed by atoms with Crippen LogP contribution in [0.25, 0.3) is 10.2 Å². The Morgan fingerprint density at radius 2 is 1.85 bits per heavy atom. The fourth-order valence-corrected chi connectivity index (χ4v) is 5.51. The highest BCUT2D eigenvalue weighted by Gasteiger charge is 2.23. The van der Waals surface area contributed by atoms with Crippen molar-refractivity contribution >= 4 is 39.0 Å². The van der Waals surface area contributed by atoms with E-state index in [0.29, 0.717) is 11.3 Å². The number of halogens is 1. The molecule has 2 aromatic heterocycles. The second-order valence-electron chi connectivity index (χ2n) is 7.22. The third-order valence-corrected chi connectivity index (χ3v) is 6.68. The zero-order chi connectivity index (χ0) is 17.8. The van der Waals surface area contributed by atoms with Crippen LogP contribution in [0.2, 0.25) is 5.28 Å². The van der Waals surface area contributed by atoms with Gasteiger partial charge in [-0.05, 0) is 49.3 Å². The van der Waals surface area contributed by atoms with Crippen LogP contribution < -0.4 is 10.6 Å². The van der Waals surface area contributed by atoms with E-state index in [-0.39, 0.29) is 0 Å². The minimum atomic E-state index is 0.371. The summed E-state index contributed by atoms with van der Waals surface area (Å²) in [5.74, 6) is 0.978. The van der Waals surface area contributed by atoms with E-state index >= 15 is 0 Å². The maximum Gasteiger partial charge on any atom is 0.225 e. The lowest BCUT2D eigenvalue weighted by molar-refractivity contribution is 0.109. The maximum atomic E-state index is 6.11. The maximum absolute atomic E-state index is 6.11. The Morgan fingerprint density at radius 3 is 2.54 bits per heavy atom. The fourth-order valence-electron chi connectivity index (χ4n) is 4.03. The van der Waals surface area contributed by atoms with Crippen molar-refractivity contribution in [3.63, 3.8) is 0 Å². The first kappa shape index (κ1) is 18.4. The molecule has 0 spiro atoms. The number of hydrogen-bond acceptors (Lipinski definition) is 6. The summed E-state index contributed by atoms with van der Waals surface area (Å²) < 4.78 is 5.01. The molecular formula is C19H27ClN4OS. The SMILES string of the molecule is C1COCCN1.Clc1nc(NC2CCCCC2)c2c3c(sc2n1)CCC3. The van der Waals surface area contributed by atoms with Gasteiger partial charge in [-0.1, -0.05) is 19.3 Å². The molecular weight excluding hydrogens is 368 g/mol. The van der Waals surface area contributed by atoms with Gasteiger partial charge in [0.05, 0.1) is 18.6 Å². The van der Waals surface area contributed by atoms with Gasteiger partial charge in [-0.2, -0.15) is 0 Å². The number of nitrogens with zero attached hydrogens (tertiary/aromatic N) is 2. The van der Waals surface area contributed by atoms with Gasteiger partial charge in [-0.3, -0.25) is 0 Å². The van der Waals surface area contributed by atoms with Crippen LogP contribution >= 0.6 is 22.9 Å². The molecule has 3 heterocycles. The van der Waals surface area contributed by atoms with Gasteiger partial charge in [0, 0.05) is 24.0 Å². The lowest BCUT2D eigenvalue weighted by Crippen LogP contribution is -2.30. The lowest BCUT2D eigenvalue weighted by atomic mass is 9.95. The number of thiophene rings is 1. The average molecular weight is 395 g/mol. The Labute approximate surface area is 163 Å². The van der Waals surface area contributed by atoms with E-state index in [1.165, 1.54) is 67.2 Å². The van der Waals surface area contributed by atoms with Crippen molar-refractivity contribution < 1.29 is 4.74 Å². The van der Waals surface area contributed by atoms with Crippen LogP contribution in [-0.2, 0) is 17.6 Å². The molecule has 3 aliphatic rings. The summed E-state index contributed by atoms with van der Waals surface area (Å²) >= 11 is 7.91. The standard InChI is InChI=1S/C15H18ClN3S.C4H9NO/c16-15-18-13(17-9-5-2-1-3-6-9)12-10-7-4-8-11(10)20-14(12)19-15;1-3-6-4-2-5-1/h9H,1-8H2,(H,17,18,19);5H,1-4H2. The van der Waals surface area contributed by atoms with E-state index in [1.807, 2.05) is 0 Å². The number of anilines is 1. The lowest BCUT2D eigenvalue weighted by Gasteiger charge is -2.23. The van der Waals surface area contributed by atoms with Crippen molar-refractivity contribution in [3.05, 3.63) is 15.7 Å². The van der Waals surface area contributed by atoms with Crippen LogP contribution in [0.1, 0.15) is 49.0 Å². The van der Waals surface area contributed by atoms with Gasteiger partial charge in [-0.25, -0.2) is 9.97 Å². The molecule has 0 bridgehead atoms. The van der Waals surface area contributed by atoms with Gasteiger partial charge in [-0.15, -0.1) is 11.3 Å². The molecule has 1 saturated heterocycles. The number of morpholine rings is 1. The molecule has 2 aliphatic carbocycles. The summed E-state index contributed by atoms with van der Waals surface area (Å²) in [7, 11) is 0. The number of ether oxygens (including phenoxy) is 1. The number of aromatic nitrogens is 2. The van der Waals surface area contributed by atoms with Crippen LogP contribution in [0.15, 0.2) is 0 Å². The van der Waals surface area contributed by atoms with Crippen molar-refractivity contribution in [2.45, 2.75) is 57.4 Å². The van der Waals surface area contributed by atoms with Crippen molar-refractivity contribution in [1.29, 1.82) is 0 Å². The molecule has 2 fully saturated rings. The number of nitrogens with one attached hydrogen (secondary N) is 2. The van der Waals surface area contributed by atoms with Gasteiger partial charge < -0.3 is 15.4 Å². The minimum absolute atomic E-state index is 0.371. The van der Waals surface area contributed by atoms with E-state index in [9.17, 15) is 0 Å². The van der Waals surface area contributed by atoms with E-state index in [0.717, 1.165) is 37.0 Å². The second kappa shape index (κ2) is 8.83. The monoisotopic (exact) mass is 394 g/mol. The molecule has 0 amide bonds. The van der Waals surface area contributed by atoms with E-state index < -0.39 is 0 Å². The Bertz CT molecular complexity index is 729. The number of hydrogen-bond donors (Lipinski definition) is 2. The molecule has 7 heteroatoms. The molecule has 1 saturated carbocycles. The quantitative estimate of drug-likeness (QED) is 0.748. The van der Waals surface area contributed by atoms with E-state index in [2.05, 4.69) is 20.6 Å². The third-order valence-electron chi connectivity index (χ3n) is 5.33. The molecule has 142 valence electrons. The Kier molecular flexibility index (Phi) is 6.25. The number of fused-ring (bicyclic) bond motifs is 3. The summed E-state index contributed by atoms with van der Waals surface area (Å²) in [6.45, 7) is 3.83. The zero-order valence-electron chi connectivity index (χ0n) is 15.2. The Hall–Kier alpha value is -0.950. The number of aryl methyl sites for hydroxylation is 2. The summed E-state index contributed by atoms with van der Waals surface area (Å²) in [6.07, 6.45) is 10.1. The summed E-state index contributed by atoms with van der Waals surface area (Å²) in [6, 6.07) is 0.551. The van der Waals surface area contributed by atoms with Gasteiger partial charge in [0.15, 0.2) is 0 Å². The molecule has 0 atom stereocenters. The first-order chi connectivity index (χ1) is 12.8. The highest BCUT2D eigenvalue weighted by Crippen LogP contribution is 2.40. The van der Waals surface area contributed by atoms with Crippen molar-refractivity contribution in [1.82, 2.24) is 15.3 Å². The van der Waals surface area contributed by atoms with Crippen LogP contribution in [-0.4, -0.2) is 42.3 Å². The molecule has 0 unspecified atom stereocenters. The molecule has 0 radical (unpaired) electrons. The second-order valence-corrected chi connectivity index (χ2v) is 8.64. The normalized spacial score (nSPS) is 20.5. The van der Waals surface area contributed by atoms with Crippen LogP contribution in [0, 0.1) is 0 Å². The summed E-state index contributed by atoms with van der Waals surface area (Å²) in [4.78, 5) is 11.5. The van der Waals surface area contributed by atoms with Crippen LogP contribution in [0.4, 0.5) is 5.82 Å². The highest BCUT2D eigenvalue weighted by molar-refractivity contribution is 7.19. The molecule has 2 N–H and O–H groups in total. The average Bonchev–Trinajstić information content (AvgIpc) is 3.25. The molecule has 2 aromatic rings. The fraction of sp³-hybridized carbons (Fsp3) is 0.684. The highest BCUT2D eigenvalue weighted by atomic mass is 35.5. The van der Waals surface area contributed by atoms with Gasteiger partial charge in [0.2, 0.25) is 5.28 Å². The first-order valence-corrected chi connectivity index (χ1v) is 11.0. The van der Waals surface area contributed by atoms with E-state index in [4.69, 9.17) is 16.3 Å². The van der Waals surface area contributed by atoms with Gasteiger partial charge >= 0.3 is 0 Å². The molecule has 0 aromatic carbocycles. The Morgan fingerprint density at radius 1 is 1.04 bits per heavy atom. The van der Waals surface area contributed by atoms with E-state index in [1.54, 1.807) is 11.3 Å². The molecule has 1 aliphatic heterocycles. The first-order valence-electron chi connectivity index (χ1n) is 9.84. The molecule has 5 nitrogen and oxygen atoms in total. The topological polar surface area (TPSA) is 59.1 Å². The largest absolute Gasteiger partial charge is 0.379 e. The number of rotatable bonds is 2. The minimum Gasteiger partial charge on any atom is -0.379 e. The molecule has 5 rings (SSSR count). The van der Waals surface area contributed by atoms with Crippen LogP contribution in [0.3, 0.4) is 0 Å². The van der Waals surface area contributed by atoms with Gasteiger partial charge in [0.25, 0.3) is 0 Å². The van der Waals surface area contributed by atoms with Crippen molar-refractivity contribution in [3.8, 4) is 0 Å². The van der Waals surface area contributed by atoms with Gasteiger partial charge in [0.1, 0.15) is 10.6 Å². The van der Waals surface area contributed by atoms with Crippen molar-refractivity contribution in [2.75, 3.05) is 31.6 Å². The Balaban J connectivity index is 0.000000240. The predicted octanol–water partition coefficient (Wildman–Crippen LogP) is 4.18. The zero-order valence-corrected chi connectivity index (χ0v) is 16.7. The molecule has 26 heavy (non-hydrogen) atoms. The predicted molar refractivity (Wildman–Crippen MR) is 109 cm³/mol. The summed E-state index contributed by atoms with van der Waals surface area (Å²) in [5, 5.41) is 8.43. The smallest absolute Gasteiger partial charge is 0.225 e. The van der Waals surface area contributed by atoms with Crippen LogP contribution in [0.5, 0.6) is 0 Å². The summed E-state index contributed by atoms with van der Waals surface area (Å²) in [5.41, 5.74) is 1.47. The third kappa shape index (κ3) is 4.30.